The van der Waals surface area contributed by atoms with Crippen LogP contribution in [0.15, 0.2) is 21.8 Å². The number of nitrogens with one attached hydrogen (secondary N) is 1. The third kappa shape index (κ3) is 4.44. The Kier molecular flexibility index (Phi) is 6.19. The van der Waals surface area contributed by atoms with Crippen molar-refractivity contribution in [3.05, 3.63) is 29.4 Å². The van der Waals surface area contributed by atoms with Crippen molar-refractivity contribution in [3.8, 4) is 0 Å². The summed E-state index contributed by atoms with van der Waals surface area (Å²) in [6.07, 6.45) is 5.59. The first kappa shape index (κ1) is 20.5. The molecule has 0 spiro atoms. The van der Waals surface area contributed by atoms with Gasteiger partial charge in [0, 0.05) is 38.3 Å². The van der Waals surface area contributed by atoms with E-state index >= 15 is 0 Å². The summed E-state index contributed by atoms with van der Waals surface area (Å²) in [7, 11) is -3.64. The van der Waals surface area contributed by atoms with E-state index in [4.69, 9.17) is 4.52 Å². The van der Waals surface area contributed by atoms with E-state index in [9.17, 15) is 13.2 Å². The molecule has 1 aliphatic rings. The van der Waals surface area contributed by atoms with Gasteiger partial charge >= 0.3 is 0 Å². The number of aromatic nitrogens is 3. The molecular formula is C18H27N5O4S. The highest BCUT2D eigenvalue weighted by Gasteiger charge is 2.35. The summed E-state index contributed by atoms with van der Waals surface area (Å²) in [5.74, 6) is 0.124. The number of carbonyl (C=O) groups excluding carboxylic acids is 1. The predicted octanol–water partition coefficient (Wildman–Crippen LogP) is 1.40. The molecule has 0 aromatic carbocycles. The second kappa shape index (κ2) is 8.44. The minimum Gasteiger partial charge on any atom is -0.360 e. The first-order valence-electron chi connectivity index (χ1n) is 9.49. The lowest BCUT2D eigenvalue weighted by Gasteiger charge is -2.30. The minimum atomic E-state index is -3.64. The van der Waals surface area contributed by atoms with E-state index in [1.165, 1.54) is 4.31 Å². The van der Waals surface area contributed by atoms with Crippen molar-refractivity contribution < 1.29 is 17.7 Å². The van der Waals surface area contributed by atoms with Crippen LogP contribution in [-0.4, -0.2) is 53.2 Å². The van der Waals surface area contributed by atoms with Crippen molar-refractivity contribution in [2.75, 3.05) is 19.6 Å². The molecule has 0 atom stereocenters. The van der Waals surface area contributed by atoms with Gasteiger partial charge in [-0.3, -0.25) is 9.48 Å². The molecule has 2 aromatic rings. The third-order valence-corrected chi connectivity index (χ3v) is 7.16. The summed E-state index contributed by atoms with van der Waals surface area (Å²) < 4.78 is 33.9. The number of hydrogen-bond acceptors (Lipinski definition) is 6. The Bertz CT molecular complexity index is 906. The summed E-state index contributed by atoms with van der Waals surface area (Å²) in [6, 6.07) is 0. The first-order valence-corrected chi connectivity index (χ1v) is 10.9. The van der Waals surface area contributed by atoms with Crippen LogP contribution in [0.25, 0.3) is 0 Å². The topological polar surface area (TPSA) is 110 Å². The second-order valence-electron chi connectivity index (χ2n) is 7.26. The summed E-state index contributed by atoms with van der Waals surface area (Å²) in [4.78, 5) is 12.5. The second-order valence-corrected chi connectivity index (χ2v) is 9.13. The zero-order chi connectivity index (χ0) is 20.3. The standard InChI is InChI=1S/C18H27N5O4S/c1-13-11-20-22(12-13)8-4-7-19-18(24)16-5-9-23(10-6-16)28(25,26)17-14(2)21-27-15(17)3/h11-12,16H,4-10H2,1-3H3,(H,19,24). The largest absolute Gasteiger partial charge is 0.360 e. The Morgan fingerprint density at radius 3 is 2.57 bits per heavy atom. The summed E-state index contributed by atoms with van der Waals surface area (Å²) in [5.41, 5.74) is 1.48. The minimum absolute atomic E-state index is 0.00830. The van der Waals surface area contributed by atoms with Gasteiger partial charge in [0.05, 0.1) is 6.20 Å². The molecule has 1 fully saturated rings. The molecule has 154 valence electrons. The SMILES string of the molecule is Cc1cnn(CCCNC(=O)C2CCN(S(=O)(=O)c3c(C)noc3C)CC2)c1. The van der Waals surface area contributed by atoms with Gasteiger partial charge in [-0.2, -0.15) is 9.40 Å². The highest BCUT2D eigenvalue weighted by atomic mass is 32.2. The molecule has 0 bridgehead atoms. The van der Waals surface area contributed by atoms with E-state index in [-0.39, 0.29) is 16.7 Å². The van der Waals surface area contributed by atoms with Crippen molar-refractivity contribution in [2.24, 2.45) is 5.92 Å². The number of nitrogens with zero attached hydrogens (tertiary/aromatic N) is 4. The van der Waals surface area contributed by atoms with E-state index in [1.807, 2.05) is 24.0 Å². The lowest BCUT2D eigenvalue weighted by atomic mass is 9.97. The van der Waals surface area contributed by atoms with Gasteiger partial charge < -0.3 is 9.84 Å². The Hall–Kier alpha value is -2.20. The molecule has 0 aliphatic carbocycles. The van der Waals surface area contributed by atoms with Gasteiger partial charge in [-0.1, -0.05) is 5.16 Å². The van der Waals surface area contributed by atoms with Crippen molar-refractivity contribution in [1.29, 1.82) is 0 Å². The molecule has 9 nitrogen and oxygen atoms in total. The van der Waals surface area contributed by atoms with Crippen LogP contribution >= 0.6 is 0 Å². The molecule has 0 radical (unpaired) electrons. The Labute approximate surface area is 165 Å². The van der Waals surface area contributed by atoms with E-state index in [0.717, 1.165) is 18.5 Å². The summed E-state index contributed by atoms with van der Waals surface area (Å²) in [6.45, 7) is 7.17. The number of aryl methyl sites for hydroxylation is 4. The summed E-state index contributed by atoms with van der Waals surface area (Å²) in [5, 5.41) is 10.9. The van der Waals surface area contributed by atoms with E-state index in [1.54, 1.807) is 13.8 Å². The number of rotatable bonds is 7. The van der Waals surface area contributed by atoms with E-state index in [0.29, 0.717) is 43.9 Å². The number of hydrogen-bond donors (Lipinski definition) is 1. The Morgan fingerprint density at radius 1 is 1.29 bits per heavy atom. The highest BCUT2D eigenvalue weighted by molar-refractivity contribution is 7.89. The van der Waals surface area contributed by atoms with Crippen molar-refractivity contribution in [3.63, 3.8) is 0 Å². The normalized spacial score (nSPS) is 16.4. The van der Waals surface area contributed by atoms with Crippen LogP contribution in [-0.2, 0) is 21.4 Å². The molecule has 0 saturated carbocycles. The van der Waals surface area contributed by atoms with Gasteiger partial charge in [-0.25, -0.2) is 8.42 Å². The maximum Gasteiger partial charge on any atom is 0.248 e. The van der Waals surface area contributed by atoms with Crippen LogP contribution in [0.1, 0.15) is 36.3 Å². The average molecular weight is 410 g/mol. The molecule has 0 unspecified atom stereocenters. The third-order valence-electron chi connectivity index (χ3n) is 5.02. The molecule has 1 saturated heterocycles. The van der Waals surface area contributed by atoms with Crippen molar-refractivity contribution >= 4 is 15.9 Å². The van der Waals surface area contributed by atoms with E-state index < -0.39 is 10.0 Å². The lowest BCUT2D eigenvalue weighted by molar-refractivity contribution is -0.126. The van der Waals surface area contributed by atoms with Gasteiger partial charge in [0.15, 0.2) is 5.76 Å². The maximum atomic E-state index is 12.8. The fourth-order valence-electron chi connectivity index (χ4n) is 3.52. The zero-order valence-electron chi connectivity index (χ0n) is 16.5. The predicted molar refractivity (Wildman–Crippen MR) is 102 cm³/mol. The molecule has 1 N–H and O–H groups in total. The van der Waals surface area contributed by atoms with Crippen molar-refractivity contribution in [2.45, 2.75) is 51.5 Å². The van der Waals surface area contributed by atoms with Crippen LogP contribution in [0.3, 0.4) is 0 Å². The molecule has 1 amide bonds. The zero-order valence-corrected chi connectivity index (χ0v) is 17.3. The Morgan fingerprint density at radius 2 is 2.00 bits per heavy atom. The molecule has 3 rings (SSSR count). The Balaban J connectivity index is 1.46. The van der Waals surface area contributed by atoms with E-state index in [2.05, 4.69) is 15.6 Å². The first-order chi connectivity index (χ1) is 13.3. The van der Waals surface area contributed by atoms with Crippen LogP contribution in [0, 0.1) is 26.7 Å². The highest BCUT2D eigenvalue weighted by Crippen LogP contribution is 2.27. The monoisotopic (exact) mass is 409 g/mol. The molecule has 10 heteroatoms. The van der Waals surface area contributed by atoms with Gasteiger partial charge in [0.1, 0.15) is 10.6 Å². The van der Waals surface area contributed by atoms with Crippen LogP contribution in [0.5, 0.6) is 0 Å². The van der Waals surface area contributed by atoms with Gasteiger partial charge in [-0.05, 0) is 45.6 Å². The van der Waals surface area contributed by atoms with Crippen LogP contribution < -0.4 is 5.32 Å². The van der Waals surface area contributed by atoms with Gasteiger partial charge in [0.25, 0.3) is 0 Å². The molecule has 28 heavy (non-hydrogen) atoms. The quantitative estimate of drug-likeness (QED) is 0.692. The molecule has 2 aromatic heterocycles. The van der Waals surface area contributed by atoms with Crippen LogP contribution in [0.2, 0.25) is 0 Å². The number of sulfonamides is 1. The van der Waals surface area contributed by atoms with Crippen LogP contribution in [0.4, 0.5) is 0 Å². The fourth-order valence-corrected chi connectivity index (χ4v) is 5.28. The fraction of sp³-hybridized carbons (Fsp3) is 0.611. The van der Waals surface area contributed by atoms with Gasteiger partial charge in [0.2, 0.25) is 15.9 Å². The molecule has 1 aliphatic heterocycles. The van der Waals surface area contributed by atoms with Crippen molar-refractivity contribution in [1.82, 2.24) is 24.6 Å². The smallest absolute Gasteiger partial charge is 0.248 e. The number of piperidine rings is 1. The molecule has 3 heterocycles. The van der Waals surface area contributed by atoms with Gasteiger partial charge in [-0.15, -0.1) is 0 Å². The maximum absolute atomic E-state index is 12.8. The molecular weight excluding hydrogens is 382 g/mol. The average Bonchev–Trinajstić information content (AvgIpc) is 3.23. The number of amides is 1. The number of carbonyl (C=O) groups is 1. The lowest BCUT2D eigenvalue weighted by Crippen LogP contribution is -2.43. The summed E-state index contributed by atoms with van der Waals surface area (Å²) >= 11 is 0.